The third-order valence-electron chi connectivity index (χ3n) is 7.33. The fraction of sp³-hybridized carbons (Fsp3) is 0.0323. The first-order chi connectivity index (χ1) is 16.8. The maximum atomic E-state index is 6.28. The summed E-state index contributed by atoms with van der Waals surface area (Å²) >= 11 is 0. The Labute approximate surface area is 195 Å². The molecule has 0 N–H and O–H groups in total. The predicted octanol–water partition coefficient (Wildman–Crippen LogP) is 8.33. The zero-order valence-electron chi connectivity index (χ0n) is 18.6. The number of nitrogens with zero attached hydrogens (tertiary/aromatic N) is 2. The van der Waals surface area contributed by atoms with Crippen LogP contribution in [0.4, 0.5) is 0 Å². The minimum atomic E-state index is 0.931. The minimum absolute atomic E-state index is 0.931. The molecule has 0 bridgehead atoms. The Kier molecular flexibility index (Phi) is 3.33. The van der Waals surface area contributed by atoms with Crippen LogP contribution in [0.2, 0.25) is 0 Å². The number of aromatic nitrogens is 2. The summed E-state index contributed by atoms with van der Waals surface area (Å²) in [5.41, 5.74) is 7.93. The molecule has 0 aliphatic heterocycles. The third-order valence-corrected chi connectivity index (χ3v) is 7.33. The van der Waals surface area contributed by atoms with E-state index in [1.807, 2.05) is 6.07 Å². The van der Waals surface area contributed by atoms with E-state index < -0.39 is 0 Å². The van der Waals surface area contributed by atoms with E-state index in [1.165, 1.54) is 60.1 Å². The van der Waals surface area contributed by atoms with Crippen molar-refractivity contribution in [3.63, 3.8) is 0 Å². The Morgan fingerprint density at radius 1 is 0.471 bits per heavy atom. The summed E-state index contributed by atoms with van der Waals surface area (Å²) in [7, 11) is 2.17. The van der Waals surface area contributed by atoms with Gasteiger partial charge >= 0.3 is 0 Å². The lowest BCUT2D eigenvalue weighted by atomic mass is 10.0. The van der Waals surface area contributed by atoms with Crippen LogP contribution in [0.5, 0.6) is 0 Å². The number of hydrogen-bond acceptors (Lipinski definition) is 1. The van der Waals surface area contributed by atoms with E-state index in [1.54, 1.807) is 0 Å². The number of hydrogen-bond donors (Lipinski definition) is 0. The van der Waals surface area contributed by atoms with E-state index >= 15 is 0 Å². The Bertz CT molecular complexity index is 2070. The van der Waals surface area contributed by atoms with Gasteiger partial charge in [-0.2, -0.15) is 0 Å². The van der Waals surface area contributed by atoms with Crippen LogP contribution in [-0.2, 0) is 7.05 Å². The van der Waals surface area contributed by atoms with Crippen molar-refractivity contribution in [2.24, 2.45) is 7.05 Å². The fourth-order valence-electron chi connectivity index (χ4n) is 5.91. The van der Waals surface area contributed by atoms with Crippen LogP contribution in [0.15, 0.2) is 108 Å². The number of benzene rings is 5. The molecular weight excluding hydrogens is 416 g/mol. The lowest BCUT2D eigenvalue weighted by Gasteiger charge is -2.07. The van der Waals surface area contributed by atoms with Crippen LogP contribution in [0, 0.1) is 0 Å². The first kappa shape index (κ1) is 18.0. The summed E-state index contributed by atoms with van der Waals surface area (Å²) in [6.45, 7) is 0. The van der Waals surface area contributed by atoms with Crippen molar-refractivity contribution in [3.05, 3.63) is 103 Å². The summed E-state index contributed by atoms with van der Waals surface area (Å²) < 4.78 is 11.0. The van der Waals surface area contributed by atoms with Gasteiger partial charge in [-0.25, -0.2) is 0 Å². The SMILES string of the molecule is Cn1c2ccc3oc4ccccc4c3c2c2c3c4ccccc4n(-c4ccccc4)c3ccc21. The predicted molar refractivity (Wildman–Crippen MR) is 142 cm³/mol. The van der Waals surface area contributed by atoms with Crippen LogP contribution in [-0.4, -0.2) is 9.13 Å². The minimum Gasteiger partial charge on any atom is -0.456 e. The molecule has 0 saturated carbocycles. The van der Waals surface area contributed by atoms with Crippen molar-refractivity contribution in [1.82, 2.24) is 9.13 Å². The second kappa shape index (κ2) is 6.30. The molecule has 8 rings (SSSR count). The van der Waals surface area contributed by atoms with Crippen LogP contribution in [0.25, 0.3) is 71.2 Å². The second-order valence-electron chi connectivity index (χ2n) is 9.03. The standard InChI is InChI=1S/C31H20N2O/c1-32-23-15-16-25-28(20-11-5-7-13-22(20)33(25)19-9-3-2-4-10-19)30(23)31-24(32)17-18-27-29(31)21-12-6-8-14-26(21)34-27/h2-18H,1H3. The lowest BCUT2D eigenvalue weighted by molar-refractivity contribution is 0.669. The fourth-order valence-corrected chi connectivity index (χ4v) is 5.91. The molecule has 5 aromatic carbocycles. The molecule has 0 saturated heterocycles. The van der Waals surface area contributed by atoms with Crippen LogP contribution < -0.4 is 0 Å². The molecule has 3 aromatic heterocycles. The van der Waals surface area contributed by atoms with Gasteiger partial charge in [0, 0.05) is 56.1 Å². The normalized spacial score (nSPS) is 12.3. The van der Waals surface area contributed by atoms with Gasteiger partial charge in [-0.1, -0.05) is 54.6 Å². The topological polar surface area (TPSA) is 23.0 Å². The van der Waals surface area contributed by atoms with Gasteiger partial charge in [0.2, 0.25) is 0 Å². The molecule has 0 aliphatic rings. The summed E-state index contributed by atoms with van der Waals surface area (Å²) in [6, 6.07) is 36.6. The van der Waals surface area contributed by atoms with Gasteiger partial charge in [0.05, 0.1) is 11.0 Å². The molecule has 8 aromatic rings. The second-order valence-corrected chi connectivity index (χ2v) is 9.03. The number of fused-ring (bicyclic) bond motifs is 11. The molecule has 0 aliphatic carbocycles. The van der Waals surface area contributed by atoms with E-state index in [4.69, 9.17) is 4.42 Å². The van der Waals surface area contributed by atoms with Gasteiger partial charge in [0.1, 0.15) is 11.2 Å². The highest BCUT2D eigenvalue weighted by molar-refractivity contribution is 6.35. The number of para-hydroxylation sites is 3. The highest BCUT2D eigenvalue weighted by Gasteiger charge is 2.21. The highest BCUT2D eigenvalue weighted by atomic mass is 16.3. The lowest BCUT2D eigenvalue weighted by Crippen LogP contribution is -1.93. The van der Waals surface area contributed by atoms with Gasteiger partial charge < -0.3 is 13.6 Å². The first-order valence-corrected chi connectivity index (χ1v) is 11.6. The van der Waals surface area contributed by atoms with E-state index in [2.05, 4.69) is 113 Å². The van der Waals surface area contributed by atoms with Gasteiger partial charge in [0.25, 0.3) is 0 Å². The van der Waals surface area contributed by atoms with Crippen LogP contribution in [0.3, 0.4) is 0 Å². The number of aryl methyl sites for hydroxylation is 1. The van der Waals surface area contributed by atoms with Crippen molar-refractivity contribution in [2.45, 2.75) is 0 Å². The molecule has 3 heterocycles. The van der Waals surface area contributed by atoms with Crippen LogP contribution in [0.1, 0.15) is 0 Å². The quantitative estimate of drug-likeness (QED) is 0.254. The van der Waals surface area contributed by atoms with E-state index in [9.17, 15) is 0 Å². The van der Waals surface area contributed by atoms with Gasteiger partial charge in [0.15, 0.2) is 0 Å². The molecule has 0 spiro atoms. The molecule has 0 radical (unpaired) electrons. The molecule has 160 valence electrons. The molecular formula is C31H20N2O. The largest absolute Gasteiger partial charge is 0.456 e. The summed E-state index contributed by atoms with van der Waals surface area (Å²) in [4.78, 5) is 0. The Morgan fingerprint density at radius 2 is 1.12 bits per heavy atom. The van der Waals surface area contributed by atoms with Gasteiger partial charge in [-0.15, -0.1) is 0 Å². The molecule has 0 fully saturated rings. The van der Waals surface area contributed by atoms with Crippen molar-refractivity contribution in [2.75, 3.05) is 0 Å². The Hall–Kier alpha value is -4.50. The van der Waals surface area contributed by atoms with Crippen LogP contribution >= 0.6 is 0 Å². The summed E-state index contributed by atoms with van der Waals surface area (Å²) in [5, 5.41) is 7.48. The highest BCUT2D eigenvalue weighted by Crippen LogP contribution is 2.44. The molecule has 3 nitrogen and oxygen atoms in total. The average molecular weight is 437 g/mol. The number of rotatable bonds is 1. The molecule has 0 amide bonds. The average Bonchev–Trinajstić information content (AvgIpc) is 3.52. The van der Waals surface area contributed by atoms with Gasteiger partial charge in [-0.05, 0) is 48.5 Å². The van der Waals surface area contributed by atoms with Crippen molar-refractivity contribution >= 4 is 65.6 Å². The Morgan fingerprint density at radius 3 is 1.97 bits per heavy atom. The van der Waals surface area contributed by atoms with E-state index in [-0.39, 0.29) is 0 Å². The molecule has 3 heteroatoms. The van der Waals surface area contributed by atoms with Crippen molar-refractivity contribution < 1.29 is 4.42 Å². The number of furan rings is 1. The van der Waals surface area contributed by atoms with Crippen molar-refractivity contribution in [3.8, 4) is 5.69 Å². The summed E-state index contributed by atoms with van der Waals surface area (Å²) in [6.07, 6.45) is 0. The summed E-state index contributed by atoms with van der Waals surface area (Å²) in [5.74, 6) is 0. The molecule has 34 heavy (non-hydrogen) atoms. The first-order valence-electron chi connectivity index (χ1n) is 11.6. The van der Waals surface area contributed by atoms with Gasteiger partial charge in [-0.3, -0.25) is 0 Å². The maximum absolute atomic E-state index is 6.28. The Balaban J connectivity index is 1.71. The monoisotopic (exact) mass is 436 g/mol. The molecule has 0 unspecified atom stereocenters. The zero-order valence-corrected chi connectivity index (χ0v) is 18.6. The zero-order chi connectivity index (χ0) is 22.4. The van der Waals surface area contributed by atoms with E-state index in [0.29, 0.717) is 0 Å². The smallest absolute Gasteiger partial charge is 0.136 e. The maximum Gasteiger partial charge on any atom is 0.136 e. The van der Waals surface area contributed by atoms with E-state index in [0.717, 1.165) is 11.2 Å². The van der Waals surface area contributed by atoms with Crippen molar-refractivity contribution in [1.29, 1.82) is 0 Å². The molecule has 0 atom stereocenters. The third kappa shape index (κ3) is 2.12.